The Morgan fingerprint density at radius 1 is 1.44 bits per heavy atom. The minimum absolute atomic E-state index is 0.0212. The van der Waals surface area contributed by atoms with Crippen molar-refractivity contribution in [3.63, 3.8) is 0 Å². The van der Waals surface area contributed by atoms with Gasteiger partial charge in [-0.15, -0.1) is 0 Å². The zero-order chi connectivity index (χ0) is 13.3. The van der Waals surface area contributed by atoms with E-state index in [0.29, 0.717) is 11.4 Å². The molecule has 6 nitrogen and oxygen atoms in total. The molecule has 0 radical (unpaired) electrons. The maximum atomic E-state index is 11.7. The third kappa shape index (κ3) is 2.80. The third-order valence-electron chi connectivity index (χ3n) is 2.71. The zero-order valence-corrected chi connectivity index (χ0v) is 10.7. The highest BCUT2D eigenvalue weighted by molar-refractivity contribution is 7.89. The van der Waals surface area contributed by atoms with Crippen LogP contribution in [0.25, 0.3) is 0 Å². The Hall–Kier alpha value is -1.60. The minimum atomic E-state index is -3.80. The molecule has 1 aliphatic rings. The molecule has 1 fully saturated rings. The molecule has 0 aliphatic heterocycles. The van der Waals surface area contributed by atoms with Crippen LogP contribution in [0.5, 0.6) is 5.75 Å². The predicted molar refractivity (Wildman–Crippen MR) is 65.7 cm³/mol. The summed E-state index contributed by atoms with van der Waals surface area (Å²) in [7, 11) is -2.35. The Morgan fingerprint density at radius 3 is 2.61 bits per heavy atom. The number of primary sulfonamides is 1. The van der Waals surface area contributed by atoms with Gasteiger partial charge in [0.25, 0.3) is 0 Å². The standard InChI is InChI=1S/C11H14N2O4S/c1-17-10-5-4-8(18(12,15)16)6-9(10)13-11(14)7-2-3-7/h4-7H,2-3H2,1H3,(H,13,14)(H2,12,15,16). The molecule has 7 heteroatoms. The smallest absolute Gasteiger partial charge is 0.238 e. The topological polar surface area (TPSA) is 98.5 Å². The summed E-state index contributed by atoms with van der Waals surface area (Å²) in [5, 5.41) is 7.69. The summed E-state index contributed by atoms with van der Waals surface area (Å²) in [6.07, 6.45) is 1.73. The highest BCUT2D eigenvalue weighted by Crippen LogP contribution is 2.33. The summed E-state index contributed by atoms with van der Waals surface area (Å²) < 4.78 is 27.5. The number of anilines is 1. The first-order chi connectivity index (χ1) is 8.41. The van der Waals surface area contributed by atoms with Crippen molar-refractivity contribution in [1.29, 1.82) is 0 Å². The highest BCUT2D eigenvalue weighted by atomic mass is 32.2. The van der Waals surface area contributed by atoms with Gasteiger partial charge in [0.2, 0.25) is 15.9 Å². The fourth-order valence-corrected chi connectivity index (χ4v) is 2.08. The second-order valence-electron chi connectivity index (χ2n) is 4.17. The Kier molecular flexibility index (Phi) is 3.27. The second-order valence-corrected chi connectivity index (χ2v) is 5.73. The van der Waals surface area contributed by atoms with Crippen molar-refractivity contribution in [2.75, 3.05) is 12.4 Å². The maximum Gasteiger partial charge on any atom is 0.238 e. The molecule has 0 atom stereocenters. The molecule has 98 valence electrons. The molecule has 1 aromatic carbocycles. The summed E-state index contributed by atoms with van der Waals surface area (Å²) >= 11 is 0. The molecule has 1 amide bonds. The number of sulfonamides is 1. The first kappa shape index (κ1) is 12.8. The Labute approximate surface area is 105 Å². The summed E-state index contributed by atoms with van der Waals surface area (Å²) in [5.74, 6) is 0.295. The number of hydrogen-bond acceptors (Lipinski definition) is 4. The van der Waals surface area contributed by atoms with E-state index in [0.717, 1.165) is 12.8 Å². The number of nitrogens with one attached hydrogen (secondary N) is 1. The summed E-state index contributed by atoms with van der Waals surface area (Å²) in [6.45, 7) is 0. The van der Waals surface area contributed by atoms with Crippen molar-refractivity contribution < 1.29 is 17.9 Å². The Balaban J connectivity index is 2.32. The SMILES string of the molecule is COc1ccc(S(N)(=O)=O)cc1NC(=O)C1CC1. The zero-order valence-electron chi connectivity index (χ0n) is 9.84. The normalized spacial score (nSPS) is 15.2. The average molecular weight is 270 g/mol. The number of carbonyl (C=O) groups is 1. The van der Waals surface area contributed by atoms with Crippen LogP contribution in [0.4, 0.5) is 5.69 Å². The van der Waals surface area contributed by atoms with E-state index in [4.69, 9.17) is 9.88 Å². The third-order valence-corrected chi connectivity index (χ3v) is 3.62. The minimum Gasteiger partial charge on any atom is -0.495 e. The Morgan fingerprint density at radius 2 is 2.11 bits per heavy atom. The molecule has 1 saturated carbocycles. The first-order valence-corrected chi connectivity index (χ1v) is 6.98. The number of benzene rings is 1. The first-order valence-electron chi connectivity index (χ1n) is 5.43. The van der Waals surface area contributed by atoms with Crippen molar-refractivity contribution in [2.24, 2.45) is 11.1 Å². The lowest BCUT2D eigenvalue weighted by atomic mass is 10.2. The molecule has 0 heterocycles. The largest absolute Gasteiger partial charge is 0.495 e. The van der Waals surface area contributed by atoms with Crippen LogP contribution in [0, 0.1) is 5.92 Å². The molecule has 1 aromatic rings. The number of ether oxygens (including phenoxy) is 1. The number of amides is 1. The van der Waals surface area contributed by atoms with Crippen molar-refractivity contribution in [1.82, 2.24) is 0 Å². The number of rotatable bonds is 4. The summed E-state index contributed by atoms with van der Waals surface area (Å²) in [4.78, 5) is 11.6. The van der Waals surface area contributed by atoms with Crippen LogP contribution in [0.3, 0.4) is 0 Å². The fraction of sp³-hybridized carbons (Fsp3) is 0.364. The molecular formula is C11H14N2O4S. The van der Waals surface area contributed by atoms with E-state index in [-0.39, 0.29) is 16.7 Å². The van der Waals surface area contributed by atoms with E-state index in [1.807, 2.05) is 0 Å². The van der Waals surface area contributed by atoms with Gasteiger partial charge in [-0.1, -0.05) is 0 Å². The molecule has 0 spiro atoms. The molecule has 18 heavy (non-hydrogen) atoms. The van der Waals surface area contributed by atoms with E-state index in [1.165, 1.54) is 25.3 Å². The van der Waals surface area contributed by atoms with Gasteiger partial charge in [0.15, 0.2) is 0 Å². The summed E-state index contributed by atoms with van der Waals surface area (Å²) in [5.41, 5.74) is 0.320. The van der Waals surface area contributed by atoms with E-state index in [2.05, 4.69) is 5.32 Å². The van der Waals surface area contributed by atoms with Gasteiger partial charge in [-0.05, 0) is 31.0 Å². The van der Waals surface area contributed by atoms with Crippen molar-refractivity contribution in [3.8, 4) is 5.75 Å². The number of nitrogens with two attached hydrogens (primary N) is 1. The summed E-state index contributed by atoms with van der Waals surface area (Å²) in [6, 6.07) is 4.09. The van der Waals surface area contributed by atoms with E-state index >= 15 is 0 Å². The molecule has 0 bridgehead atoms. The fourth-order valence-electron chi connectivity index (χ4n) is 1.54. The van der Waals surface area contributed by atoms with Crippen LogP contribution in [0.2, 0.25) is 0 Å². The van der Waals surface area contributed by atoms with Crippen molar-refractivity contribution >= 4 is 21.6 Å². The molecule has 1 aliphatic carbocycles. The monoisotopic (exact) mass is 270 g/mol. The highest BCUT2D eigenvalue weighted by Gasteiger charge is 2.30. The van der Waals surface area contributed by atoms with E-state index in [9.17, 15) is 13.2 Å². The quantitative estimate of drug-likeness (QED) is 0.841. The van der Waals surface area contributed by atoms with Gasteiger partial charge in [-0.3, -0.25) is 4.79 Å². The van der Waals surface area contributed by atoms with Crippen molar-refractivity contribution in [2.45, 2.75) is 17.7 Å². The van der Waals surface area contributed by atoms with Gasteiger partial charge in [0.1, 0.15) is 5.75 Å². The molecule has 0 aromatic heterocycles. The van der Waals surface area contributed by atoms with Gasteiger partial charge in [0, 0.05) is 5.92 Å². The van der Waals surface area contributed by atoms with Crippen LogP contribution in [0.15, 0.2) is 23.1 Å². The molecule has 2 rings (SSSR count). The van der Waals surface area contributed by atoms with Crippen LogP contribution < -0.4 is 15.2 Å². The number of carbonyl (C=O) groups excluding carboxylic acids is 1. The molecule has 3 N–H and O–H groups in total. The van der Waals surface area contributed by atoms with Crippen LogP contribution >= 0.6 is 0 Å². The number of methoxy groups -OCH3 is 1. The lowest BCUT2D eigenvalue weighted by Gasteiger charge is -2.11. The van der Waals surface area contributed by atoms with Gasteiger partial charge in [-0.25, -0.2) is 13.6 Å². The van der Waals surface area contributed by atoms with Crippen LogP contribution in [-0.4, -0.2) is 21.4 Å². The molecule has 0 saturated heterocycles. The van der Waals surface area contributed by atoms with Crippen LogP contribution in [0.1, 0.15) is 12.8 Å². The van der Waals surface area contributed by atoms with Gasteiger partial charge in [0.05, 0.1) is 17.7 Å². The average Bonchev–Trinajstić information content (AvgIpc) is 3.11. The molecular weight excluding hydrogens is 256 g/mol. The van der Waals surface area contributed by atoms with Gasteiger partial charge >= 0.3 is 0 Å². The van der Waals surface area contributed by atoms with Crippen molar-refractivity contribution in [3.05, 3.63) is 18.2 Å². The van der Waals surface area contributed by atoms with E-state index < -0.39 is 10.0 Å². The number of hydrogen-bond donors (Lipinski definition) is 2. The second kappa shape index (κ2) is 4.58. The van der Waals surface area contributed by atoms with Gasteiger partial charge in [-0.2, -0.15) is 0 Å². The van der Waals surface area contributed by atoms with Crippen LogP contribution in [-0.2, 0) is 14.8 Å². The lowest BCUT2D eigenvalue weighted by molar-refractivity contribution is -0.117. The molecule has 0 unspecified atom stereocenters. The maximum absolute atomic E-state index is 11.7. The van der Waals surface area contributed by atoms with E-state index in [1.54, 1.807) is 0 Å². The Bertz CT molecular complexity index is 579. The lowest BCUT2D eigenvalue weighted by Crippen LogP contribution is -2.16. The van der Waals surface area contributed by atoms with Gasteiger partial charge < -0.3 is 10.1 Å². The predicted octanol–water partition coefficient (Wildman–Crippen LogP) is 0.691.